The lowest BCUT2D eigenvalue weighted by Crippen LogP contribution is -2.45. The van der Waals surface area contributed by atoms with E-state index < -0.39 is 10.0 Å². The maximum absolute atomic E-state index is 12.5. The van der Waals surface area contributed by atoms with Gasteiger partial charge in [-0.3, -0.25) is 9.10 Å². The van der Waals surface area contributed by atoms with Crippen LogP contribution in [0.1, 0.15) is 23.6 Å². The number of para-hydroxylation sites is 1. The smallest absolute Gasteiger partial charge is 0.241 e. The zero-order chi connectivity index (χ0) is 20.9. The van der Waals surface area contributed by atoms with Crippen LogP contribution in [-0.4, -0.2) is 39.8 Å². The van der Waals surface area contributed by atoms with Crippen LogP contribution in [0.3, 0.4) is 0 Å². The van der Waals surface area contributed by atoms with Crippen molar-refractivity contribution in [2.24, 2.45) is 0 Å². The zero-order valence-electron chi connectivity index (χ0n) is 17.0. The quantitative estimate of drug-likeness (QED) is 0.734. The van der Waals surface area contributed by atoms with E-state index in [0.29, 0.717) is 12.3 Å². The molecule has 7 heteroatoms. The van der Waals surface area contributed by atoms with Crippen molar-refractivity contribution >= 4 is 21.6 Å². The SMILES string of the molecule is Cc1ccc(N(CC(=O)N[C@H](C)COc2ccccc2C)S(C)(=O)=O)c(C)c1. The molecule has 6 nitrogen and oxygen atoms in total. The minimum absolute atomic E-state index is 0.271. The number of amides is 1. The molecule has 28 heavy (non-hydrogen) atoms. The minimum atomic E-state index is -3.60. The Kier molecular flexibility index (Phi) is 7.07. The van der Waals surface area contributed by atoms with Crippen molar-refractivity contribution in [1.82, 2.24) is 5.32 Å². The molecule has 0 heterocycles. The lowest BCUT2D eigenvalue weighted by molar-refractivity contribution is -0.120. The fraction of sp³-hybridized carbons (Fsp3) is 0.381. The highest BCUT2D eigenvalue weighted by atomic mass is 32.2. The van der Waals surface area contributed by atoms with Crippen LogP contribution >= 0.6 is 0 Å². The van der Waals surface area contributed by atoms with Gasteiger partial charge in [0.25, 0.3) is 0 Å². The topological polar surface area (TPSA) is 75.7 Å². The summed E-state index contributed by atoms with van der Waals surface area (Å²) in [6.45, 7) is 7.54. The normalized spacial score (nSPS) is 12.3. The average molecular weight is 405 g/mol. The van der Waals surface area contributed by atoms with Crippen molar-refractivity contribution in [2.75, 3.05) is 23.7 Å². The lowest BCUT2D eigenvalue weighted by atomic mass is 10.1. The second kappa shape index (κ2) is 9.10. The largest absolute Gasteiger partial charge is 0.491 e. The van der Waals surface area contributed by atoms with Gasteiger partial charge in [-0.05, 0) is 51.0 Å². The molecule has 0 unspecified atom stereocenters. The van der Waals surface area contributed by atoms with Gasteiger partial charge in [0, 0.05) is 0 Å². The van der Waals surface area contributed by atoms with Gasteiger partial charge >= 0.3 is 0 Å². The van der Waals surface area contributed by atoms with Crippen molar-refractivity contribution in [3.05, 3.63) is 59.2 Å². The number of nitrogens with zero attached hydrogens (tertiary/aromatic N) is 1. The second-order valence-electron chi connectivity index (χ2n) is 7.10. The van der Waals surface area contributed by atoms with Crippen molar-refractivity contribution in [3.63, 3.8) is 0 Å². The number of carbonyl (C=O) groups is 1. The molecule has 0 saturated heterocycles. The predicted molar refractivity (Wildman–Crippen MR) is 112 cm³/mol. The van der Waals surface area contributed by atoms with E-state index >= 15 is 0 Å². The molecule has 0 radical (unpaired) electrons. The fourth-order valence-corrected chi connectivity index (χ4v) is 3.81. The van der Waals surface area contributed by atoms with Gasteiger partial charge in [0.15, 0.2) is 0 Å². The Labute approximate surface area is 167 Å². The Balaban J connectivity index is 2.02. The number of aryl methyl sites for hydroxylation is 3. The summed E-state index contributed by atoms with van der Waals surface area (Å²) < 4.78 is 31.4. The lowest BCUT2D eigenvalue weighted by Gasteiger charge is -2.25. The van der Waals surface area contributed by atoms with Gasteiger partial charge in [-0.15, -0.1) is 0 Å². The molecular formula is C21H28N2O4S. The number of ether oxygens (including phenoxy) is 1. The predicted octanol–water partition coefficient (Wildman–Crippen LogP) is 2.96. The average Bonchev–Trinajstić information content (AvgIpc) is 2.58. The summed E-state index contributed by atoms with van der Waals surface area (Å²) in [7, 11) is -3.60. The third kappa shape index (κ3) is 5.99. The third-order valence-corrected chi connectivity index (χ3v) is 5.42. The molecule has 0 bridgehead atoms. The van der Waals surface area contributed by atoms with Gasteiger partial charge in [-0.2, -0.15) is 0 Å². The molecule has 2 rings (SSSR count). The van der Waals surface area contributed by atoms with E-state index in [1.54, 1.807) is 6.07 Å². The number of carbonyl (C=O) groups excluding carboxylic acids is 1. The maximum Gasteiger partial charge on any atom is 0.241 e. The highest BCUT2D eigenvalue weighted by Crippen LogP contribution is 2.23. The van der Waals surface area contributed by atoms with Crippen LogP contribution in [0, 0.1) is 20.8 Å². The Hall–Kier alpha value is -2.54. The van der Waals surface area contributed by atoms with Crippen molar-refractivity contribution in [1.29, 1.82) is 0 Å². The number of sulfonamides is 1. The van der Waals surface area contributed by atoms with E-state index in [-0.39, 0.29) is 18.5 Å². The van der Waals surface area contributed by atoms with E-state index in [1.807, 2.05) is 64.1 Å². The van der Waals surface area contributed by atoms with Crippen molar-refractivity contribution < 1.29 is 17.9 Å². The summed E-state index contributed by atoms with van der Waals surface area (Å²) in [6.07, 6.45) is 1.10. The molecular weight excluding hydrogens is 376 g/mol. The van der Waals surface area contributed by atoms with E-state index in [2.05, 4.69) is 5.32 Å². The molecule has 0 fully saturated rings. The summed E-state index contributed by atoms with van der Waals surface area (Å²) in [5.74, 6) is 0.378. The van der Waals surface area contributed by atoms with Crippen LogP contribution in [0.4, 0.5) is 5.69 Å². The van der Waals surface area contributed by atoms with Crippen LogP contribution in [-0.2, 0) is 14.8 Å². The van der Waals surface area contributed by atoms with Crippen LogP contribution in [0.25, 0.3) is 0 Å². The van der Waals surface area contributed by atoms with Crippen LogP contribution in [0.5, 0.6) is 5.75 Å². The molecule has 0 spiro atoms. The first-order chi connectivity index (χ1) is 13.1. The molecule has 2 aromatic carbocycles. The van der Waals surface area contributed by atoms with E-state index in [9.17, 15) is 13.2 Å². The summed E-state index contributed by atoms with van der Waals surface area (Å²) in [5, 5.41) is 2.80. The molecule has 1 N–H and O–H groups in total. The van der Waals surface area contributed by atoms with Gasteiger partial charge in [-0.25, -0.2) is 8.42 Å². The third-order valence-electron chi connectivity index (χ3n) is 4.30. The molecule has 0 aliphatic carbocycles. The first kappa shape index (κ1) is 21.8. The Morgan fingerprint density at radius 3 is 2.39 bits per heavy atom. The number of benzene rings is 2. The molecule has 0 aliphatic heterocycles. The Morgan fingerprint density at radius 1 is 1.11 bits per heavy atom. The highest BCUT2D eigenvalue weighted by molar-refractivity contribution is 7.92. The number of nitrogens with one attached hydrogen (secondary N) is 1. The first-order valence-corrected chi connectivity index (χ1v) is 11.0. The highest BCUT2D eigenvalue weighted by Gasteiger charge is 2.23. The molecule has 152 valence electrons. The summed E-state index contributed by atoms with van der Waals surface area (Å²) in [5.41, 5.74) is 3.35. The Morgan fingerprint density at radius 2 is 1.79 bits per heavy atom. The summed E-state index contributed by atoms with van der Waals surface area (Å²) in [6, 6.07) is 12.8. The van der Waals surface area contributed by atoms with Gasteiger partial charge in [0.1, 0.15) is 18.9 Å². The Bertz CT molecular complexity index is 941. The van der Waals surface area contributed by atoms with Crippen LogP contribution < -0.4 is 14.4 Å². The summed E-state index contributed by atoms with van der Waals surface area (Å²) >= 11 is 0. The number of hydrogen-bond acceptors (Lipinski definition) is 4. The molecule has 0 aliphatic rings. The maximum atomic E-state index is 12.5. The van der Waals surface area contributed by atoms with E-state index in [0.717, 1.165) is 33.0 Å². The van der Waals surface area contributed by atoms with Crippen LogP contribution in [0.2, 0.25) is 0 Å². The molecule has 1 amide bonds. The number of anilines is 1. The van der Waals surface area contributed by atoms with Crippen molar-refractivity contribution in [2.45, 2.75) is 33.7 Å². The molecule has 1 atom stereocenters. The van der Waals surface area contributed by atoms with Gasteiger partial charge < -0.3 is 10.1 Å². The first-order valence-electron chi connectivity index (χ1n) is 9.10. The monoisotopic (exact) mass is 404 g/mol. The van der Waals surface area contributed by atoms with Gasteiger partial charge in [0.2, 0.25) is 15.9 Å². The molecule has 0 aromatic heterocycles. The zero-order valence-corrected chi connectivity index (χ0v) is 17.8. The molecule has 2 aromatic rings. The van der Waals surface area contributed by atoms with E-state index in [4.69, 9.17) is 4.74 Å². The number of rotatable bonds is 8. The van der Waals surface area contributed by atoms with Gasteiger partial charge in [0.05, 0.1) is 18.0 Å². The van der Waals surface area contributed by atoms with Gasteiger partial charge in [-0.1, -0.05) is 35.9 Å². The van der Waals surface area contributed by atoms with Crippen LogP contribution in [0.15, 0.2) is 42.5 Å². The fourth-order valence-electron chi connectivity index (χ4n) is 2.89. The minimum Gasteiger partial charge on any atom is -0.491 e. The molecule has 0 saturated carbocycles. The number of hydrogen-bond donors (Lipinski definition) is 1. The summed E-state index contributed by atoms with van der Waals surface area (Å²) in [4.78, 5) is 12.5. The van der Waals surface area contributed by atoms with Crippen molar-refractivity contribution in [3.8, 4) is 5.75 Å². The second-order valence-corrected chi connectivity index (χ2v) is 9.01. The standard InChI is InChI=1S/C21H28N2O4S/c1-15-10-11-19(17(3)12-15)23(28(5,25)26)13-21(24)22-18(4)14-27-20-9-7-6-8-16(20)2/h6-12,18H,13-14H2,1-5H3,(H,22,24)/t18-/m1/s1. The van der Waals surface area contributed by atoms with E-state index in [1.165, 1.54) is 0 Å².